The Morgan fingerprint density at radius 2 is 2.35 bits per heavy atom. The minimum Gasteiger partial charge on any atom is -0.397 e. The molecule has 2 heterocycles. The first-order valence-corrected chi connectivity index (χ1v) is 7.52. The van der Waals surface area contributed by atoms with E-state index in [9.17, 15) is 4.79 Å². The van der Waals surface area contributed by atoms with Crippen LogP contribution >= 0.6 is 11.3 Å². The molecule has 0 bridgehead atoms. The number of nitrogen functional groups attached to an aromatic ring is 1. The predicted molar refractivity (Wildman–Crippen MR) is 81.1 cm³/mol. The van der Waals surface area contributed by atoms with Crippen LogP contribution in [0.5, 0.6) is 0 Å². The Morgan fingerprint density at radius 1 is 1.60 bits per heavy atom. The summed E-state index contributed by atoms with van der Waals surface area (Å²) in [5.74, 6) is 0.419. The van der Waals surface area contributed by atoms with E-state index in [1.54, 1.807) is 4.68 Å². The number of nitrogens with two attached hydrogens (primary N) is 1. The Bertz CT molecular complexity index is 654. The molecule has 20 heavy (non-hydrogen) atoms. The molecule has 0 atom stereocenters. The summed E-state index contributed by atoms with van der Waals surface area (Å²) in [6.45, 7) is 2.68. The van der Waals surface area contributed by atoms with Crippen molar-refractivity contribution >= 4 is 27.8 Å². The number of anilines is 2. The lowest BCUT2D eigenvalue weighted by molar-refractivity contribution is 0.0972. The molecular weight excluding hydrogens is 272 g/mol. The third kappa shape index (κ3) is 2.56. The van der Waals surface area contributed by atoms with Crippen molar-refractivity contribution in [1.29, 1.82) is 0 Å². The van der Waals surface area contributed by atoms with Crippen LogP contribution in [-0.2, 0) is 13.6 Å². The first-order valence-electron chi connectivity index (χ1n) is 6.71. The molecule has 0 radical (unpaired) electrons. The normalized spacial score (nSPS) is 14.5. The van der Waals surface area contributed by atoms with Gasteiger partial charge in [0, 0.05) is 31.3 Å². The molecule has 6 heteroatoms. The molecule has 2 aromatic heterocycles. The number of carbonyl (C=O) groups is 1. The van der Waals surface area contributed by atoms with Gasteiger partial charge in [0.25, 0.3) is 0 Å². The zero-order valence-electron chi connectivity index (χ0n) is 11.6. The van der Waals surface area contributed by atoms with Crippen molar-refractivity contribution in [2.75, 3.05) is 11.1 Å². The number of nitrogens with zero attached hydrogens (tertiary/aromatic N) is 2. The van der Waals surface area contributed by atoms with Gasteiger partial charge in [-0.15, -0.1) is 11.3 Å². The predicted octanol–water partition coefficient (Wildman–Crippen LogP) is 2.58. The molecule has 1 aliphatic carbocycles. The minimum absolute atomic E-state index is 0.207. The summed E-state index contributed by atoms with van der Waals surface area (Å²) in [6.07, 6.45) is 4.01. The van der Waals surface area contributed by atoms with Crippen molar-refractivity contribution in [2.45, 2.75) is 26.3 Å². The Hall–Kier alpha value is -1.82. The third-order valence-corrected chi connectivity index (χ3v) is 4.62. The van der Waals surface area contributed by atoms with Crippen LogP contribution in [0.25, 0.3) is 0 Å². The molecule has 1 fully saturated rings. The van der Waals surface area contributed by atoms with Crippen LogP contribution in [0.3, 0.4) is 0 Å². The first-order chi connectivity index (χ1) is 9.54. The fourth-order valence-electron chi connectivity index (χ4n) is 2.22. The van der Waals surface area contributed by atoms with Crippen LogP contribution in [0.15, 0.2) is 12.3 Å². The molecule has 0 amide bonds. The number of rotatable bonds is 5. The maximum atomic E-state index is 12.1. The molecule has 106 valence electrons. The van der Waals surface area contributed by atoms with E-state index in [1.807, 2.05) is 26.2 Å². The summed E-state index contributed by atoms with van der Waals surface area (Å²) >= 11 is 1.45. The first kappa shape index (κ1) is 13.2. The van der Waals surface area contributed by atoms with Gasteiger partial charge in [-0.2, -0.15) is 5.10 Å². The lowest BCUT2D eigenvalue weighted by atomic mass is 10.2. The molecule has 0 unspecified atom stereocenters. The Morgan fingerprint density at radius 3 is 2.95 bits per heavy atom. The van der Waals surface area contributed by atoms with Crippen LogP contribution in [0.2, 0.25) is 0 Å². The van der Waals surface area contributed by atoms with Gasteiger partial charge in [0.2, 0.25) is 0 Å². The van der Waals surface area contributed by atoms with E-state index >= 15 is 0 Å². The van der Waals surface area contributed by atoms with Gasteiger partial charge in [-0.25, -0.2) is 0 Å². The van der Waals surface area contributed by atoms with E-state index < -0.39 is 0 Å². The van der Waals surface area contributed by atoms with Crippen LogP contribution in [0.1, 0.15) is 33.8 Å². The van der Waals surface area contributed by atoms with E-state index in [0.717, 1.165) is 29.1 Å². The summed E-state index contributed by atoms with van der Waals surface area (Å²) in [6, 6.07) is 1.85. The number of hydrogen-bond donors (Lipinski definition) is 2. The van der Waals surface area contributed by atoms with Gasteiger partial charge < -0.3 is 11.1 Å². The molecule has 0 saturated heterocycles. The van der Waals surface area contributed by atoms with Crippen LogP contribution in [0, 0.1) is 12.8 Å². The van der Waals surface area contributed by atoms with Gasteiger partial charge in [0.1, 0.15) is 0 Å². The molecule has 3 N–H and O–H groups in total. The van der Waals surface area contributed by atoms with E-state index in [1.165, 1.54) is 11.3 Å². The number of carbonyl (C=O) groups excluding carboxylic acids is 1. The van der Waals surface area contributed by atoms with Crippen molar-refractivity contribution in [1.82, 2.24) is 9.78 Å². The zero-order valence-corrected chi connectivity index (χ0v) is 12.5. The van der Waals surface area contributed by atoms with Gasteiger partial charge >= 0.3 is 0 Å². The fraction of sp³-hybridized carbons (Fsp3) is 0.429. The molecular formula is C14H18N4OS. The molecule has 3 rings (SSSR count). The number of thiophene rings is 1. The second-order valence-electron chi connectivity index (χ2n) is 5.30. The second-order valence-corrected chi connectivity index (χ2v) is 6.35. The fourth-order valence-corrected chi connectivity index (χ4v) is 3.21. The average molecular weight is 290 g/mol. The van der Waals surface area contributed by atoms with Gasteiger partial charge in [0.15, 0.2) is 5.78 Å². The lowest BCUT2D eigenvalue weighted by Gasteiger charge is -2.01. The van der Waals surface area contributed by atoms with Crippen molar-refractivity contribution in [3.8, 4) is 0 Å². The Kier molecular flexibility index (Phi) is 3.25. The van der Waals surface area contributed by atoms with Crippen molar-refractivity contribution in [2.24, 2.45) is 13.0 Å². The number of nitrogens with one attached hydrogen (secondary N) is 1. The summed E-state index contributed by atoms with van der Waals surface area (Å²) in [5.41, 5.74) is 8.70. The van der Waals surface area contributed by atoms with Gasteiger partial charge in [0.05, 0.1) is 21.3 Å². The topological polar surface area (TPSA) is 72.9 Å². The molecule has 2 aromatic rings. The lowest BCUT2D eigenvalue weighted by Crippen LogP contribution is -2.01. The average Bonchev–Trinajstić information content (AvgIpc) is 3.10. The monoisotopic (exact) mass is 290 g/mol. The molecule has 1 saturated carbocycles. The number of aryl methyl sites for hydroxylation is 2. The van der Waals surface area contributed by atoms with Gasteiger partial charge in [-0.05, 0) is 25.8 Å². The number of hydrogen-bond acceptors (Lipinski definition) is 5. The second kappa shape index (κ2) is 4.94. The molecule has 0 spiro atoms. The number of ketones is 1. The zero-order chi connectivity index (χ0) is 14.3. The summed E-state index contributed by atoms with van der Waals surface area (Å²) < 4.78 is 1.80. The quantitative estimate of drug-likeness (QED) is 0.830. The van der Waals surface area contributed by atoms with Crippen LogP contribution in [-0.4, -0.2) is 15.6 Å². The highest BCUT2D eigenvalue weighted by molar-refractivity contribution is 7.18. The van der Waals surface area contributed by atoms with E-state index in [4.69, 9.17) is 5.73 Å². The Labute approximate surface area is 121 Å². The smallest absolute Gasteiger partial charge is 0.178 e. The molecule has 1 aliphatic rings. The van der Waals surface area contributed by atoms with Crippen molar-refractivity contribution in [3.63, 3.8) is 0 Å². The SMILES string of the molecule is Cc1nn(C)cc1CNc1cc(N)c(C(=O)C2CC2)s1. The minimum atomic E-state index is 0.207. The highest BCUT2D eigenvalue weighted by Gasteiger charge is 2.32. The maximum absolute atomic E-state index is 12.1. The standard InChI is InChI=1S/C14H18N4OS/c1-8-10(7-18(2)17-8)6-16-12-5-11(15)14(20-12)13(19)9-3-4-9/h5,7,9,16H,3-4,6,15H2,1-2H3. The van der Waals surface area contributed by atoms with Gasteiger partial charge in [-0.3, -0.25) is 9.48 Å². The largest absolute Gasteiger partial charge is 0.397 e. The maximum Gasteiger partial charge on any atom is 0.178 e. The third-order valence-electron chi connectivity index (χ3n) is 3.50. The molecule has 5 nitrogen and oxygen atoms in total. The number of aromatic nitrogens is 2. The molecule has 0 aromatic carbocycles. The Balaban J connectivity index is 1.70. The van der Waals surface area contributed by atoms with Crippen molar-refractivity contribution in [3.05, 3.63) is 28.4 Å². The summed E-state index contributed by atoms with van der Waals surface area (Å²) in [5, 5.41) is 8.57. The number of Topliss-reactive ketones (excluding diaryl/α,β-unsaturated/α-hetero) is 1. The summed E-state index contributed by atoms with van der Waals surface area (Å²) in [4.78, 5) is 12.8. The van der Waals surface area contributed by atoms with E-state index in [-0.39, 0.29) is 11.7 Å². The van der Waals surface area contributed by atoms with E-state index in [2.05, 4.69) is 10.4 Å². The van der Waals surface area contributed by atoms with E-state index in [0.29, 0.717) is 17.1 Å². The van der Waals surface area contributed by atoms with Crippen LogP contribution in [0.4, 0.5) is 10.7 Å². The molecule has 0 aliphatic heterocycles. The highest BCUT2D eigenvalue weighted by Crippen LogP contribution is 2.38. The van der Waals surface area contributed by atoms with Crippen molar-refractivity contribution < 1.29 is 4.79 Å². The van der Waals surface area contributed by atoms with Gasteiger partial charge in [-0.1, -0.05) is 0 Å². The highest BCUT2D eigenvalue weighted by atomic mass is 32.1. The summed E-state index contributed by atoms with van der Waals surface area (Å²) in [7, 11) is 1.91. The van der Waals surface area contributed by atoms with Crippen LogP contribution < -0.4 is 11.1 Å².